The summed E-state index contributed by atoms with van der Waals surface area (Å²) in [5.41, 5.74) is 2.46. The summed E-state index contributed by atoms with van der Waals surface area (Å²) in [6.07, 6.45) is 0. The number of amides is 1. The highest BCUT2D eigenvalue weighted by Crippen LogP contribution is 2.29. The third-order valence-corrected chi connectivity index (χ3v) is 6.36. The van der Waals surface area contributed by atoms with Gasteiger partial charge in [-0.3, -0.25) is 4.79 Å². The van der Waals surface area contributed by atoms with E-state index in [1.54, 1.807) is 93.6 Å². The van der Waals surface area contributed by atoms with Crippen molar-refractivity contribution in [3.05, 3.63) is 78.4 Å². The van der Waals surface area contributed by atoms with Crippen LogP contribution in [0.1, 0.15) is 26.3 Å². The molecule has 3 rings (SSSR count). The zero-order valence-corrected chi connectivity index (χ0v) is 19.5. The van der Waals surface area contributed by atoms with Gasteiger partial charge in [-0.1, -0.05) is 36.4 Å². The number of sulfonamides is 1. The zero-order valence-electron chi connectivity index (χ0n) is 18.7. The minimum Gasteiger partial charge on any atom is -0.376 e. The van der Waals surface area contributed by atoms with Crippen LogP contribution in [0.3, 0.4) is 0 Å². The molecule has 0 aliphatic rings. The van der Waals surface area contributed by atoms with Gasteiger partial charge < -0.3 is 10.6 Å². The van der Waals surface area contributed by atoms with Gasteiger partial charge in [0.15, 0.2) is 0 Å². The van der Waals surface area contributed by atoms with E-state index in [0.29, 0.717) is 28.1 Å². The second kappa shape index (κ2) is 9.86. The second-order valence-corrected chi connectivity index (χ2v) is 10.2. The van der Waals surface area contributed by atoms with Crippen LogP contribution >= 0.6 is 0 Å². The fourth-order valence-corrected chi connectivity index (χ4v) is 4.87. The molecule has 0 saturated heterocycles. The first-order valence-corrected chi connectivity index (χ1v) is 11.8. The number of nitriles is 1. The van der Waals surface area contributed by atoms with E-state index in [0.717, 1.165) is 0 Å². The molecular weight excluding hydrogens is 436 g/mol. The number of nitrogens with one attached hydrogen (secondary N) is 3. The van der Waals surface area contributed by atoms with Crippen molar-refractivity contribution in [2.24, 2.45) is 0 Å². The number of benzene rings is 3. The molecule has 0 fully saturated rings. The van der Waals surface area contributed by atoms with Crippen molar-refractivity contribution < 1.29 is 13.2 Å². The van der Waals surface area contributed by atoms with E-state index < -0.39 is 15.6 Å². The number of carbonyl (C=O) groups is 1. The first-order chi connectivity index (χ1) is 15.6. The van der Waals surface area contributed by atoms with Crippen LogP contribution in [0.15, 0.2) is 77.7 Å². The monoisotopic (exact) mass is 462 g/mol. The van der Waals surface area contributed by atoms with Gasteiger partial charge in [0.2, 0.25) is 15.9 Å². The van der Waals surface area contributed by atoms with Gasteiger partial charge in [-0.05, 0) is 62.7 Å². The molecule has 0 saturated carbocycles. The van der Waals surface area contributed by atoms with Crippen molar-refractivity contribution in [1.29, 1.82) is 5.26 Å². The average Bonchev–Trinajstić information content (AvgIpc) is 2.77. The van der Waals surface area contributed by atoms with E-state index in [4.69, 9.17) is 5.26 Å². The summed E-state index contributed by atoms with van der Waals surface area (Å²) in [5.74, 6) is -0.248. The van der Waals surface area contributed by atoms with Crippen molar-refractivity contribution in [1.82, 2.24) is 4.72 Å². The zero-order chi connectivity index (χ0) is 24.1. The maximum Gasteiger partial charge on any atom is 0.243 e. The topological polar surface area (TPSA) is 111 Å². The van der Waals surface area contributed by atoms with Crippen molar-refractivity contribution in [2.45, 2.75) is 31.2 Å². The maximum atomic E-state index is 12.9. The Bertz CT molecular complexity index is 1290. The van der Waals surface area contributed by atoms with Gasteiger partial charge in [0.05, 0.1) is 23.1 Å². The smallest absolute Gasteiger partial charge is 0.243 e. The molecule has 1 amide bonds. The number of hydrogen-bond acceptors (Lipinski definition) is 5. The maximum absolute atomic E-state index is 12.9. The highest BCUT2D eigenvalue weighted by Gasteiger charge is 2.24. The Balaban J connectivity index is 1.71. The van der Waals surface area contributed by atoms with Crippen molar-refractivity contribution >= 4 is 27.3 Å². The number of hydrogen-bond donors (Lipinski definition) is 3. The van der Waals surface area contributed by atoms with Crippen LogP contribution in [0.25, 0.3) is 11.1 Å². The standard InChI is InChI=1S/C25H26N4O3S/c1-25(2,3)29-33(31,32)23-10-5-4-9-22(23)19-11-13-20(14-12-19)28-24(30)17-27-21-8-6-7-18(15-21)16-26/h4-15,27,29H,17H2,1-3H3,(H,28,30). The molecule has 0 heterocycles. The van der Waals surface area contributed by atoms with Crippen LogP contribution in [-0.4, -0.2) is 26.4 Å². The lowest BCUT2D eigenvalue weighted by Crippen LogP contribution is -2.40. The van der Waals surface area contributed by atoms with E-state index in [-0.39, 0.29) is 17.3 Å². The molecule has 3 aromatic rings. The third-order valence-electron chi connectivity index (χ3n) is 4.54. The van der Waals surface area contributed by atoms with Gasteiger partial charge in [-0.15, -0.1) is 0 Å². The van der Waals surface area contributed by atoms with Crippen LogP contribution in [0, 0.1) is 11.3 Å². The highest BCUT2D eigenvalue weighted by atomic mass is 32.2. The first-order valence-electron chi connectivity index (χ1n) is 10.3. The Morgan fingerprint density at radius 3 is 2.30 bits per heavy atom. The quantitative estimate of drug-likeness (QED) is 0.483. The number of carbonyl (C=O) groups excluding carboxylic acids is 1. The van der Waals surface area contributed by atoms with E-state index in [1.165, 1.54) is 0 Å². The minimum atomic E-state index is -3.71. The molecule has 0 spiro atoms. The molecule has 0 aromatic heterocycles. The van der Waals surface area contributed by atoms with Gasteiger partial charge in [-0.2, -0.15) is 5.26 Å². The second-order valence-electron chi connectivity index (χ2n) is 8.52. The largest absolute Gasteiger partial charge is 0.376 e. The molecule has 3 aromatic carbocycles. The number of rotatable bonds is 7. The van der Waals surface area contributed by atoms with E-state index in [2.05, 4.69) is 21.4 Å². The number of nitrogens with zero attached hydrogens (tertiary/aromatic N) is 1. The van der Waals surface area contributed by atoms with Gasteiger partial charge in [0.25, 0.3) is 0 Å². The molecule has 0 radical (unpaired) electrons. The molecule has 7 nitrogen and oxygen atoms in total. The van der Waals surface area contributed by atoms with Crippen LogP contribution in [0.4, 0.5) is 11.4 Å². The predicted molar refractivity (Wildman–Crippen MR) is 130 cm³/mol. The Morgan fingerprint density at radius 2 is 1.64 bits per heavy atom. The molecule has 8 heteroatoms. The minimum absolute atomic E-state index is 0.0379. The predicted octanol–water partition coefficient (Wildman–Crippen LogP) is 4.35. The summed E-state index contributed by atoms with van der Waals surface area (Å²) < 4.78 is 28.5. The van der Waals surface area contributed by atoms with Crippen molar-refractivity contribution in [2.75, 3.05) is 17.2 Å². The van der Waals surface area contributed by atoms with Gasteiger partial charge in [-0.25, -0.2) is 13.1 Å². The lowest BCUT2D eigenvalue weighted by molar-refractivity contribution is -0.114. The van der Waals surface area contributed by atoms with Crippen molar-refractivity contribution in [3.63, 3.8) is 0 Å². The summed E-state index contributed by atoms with van der Waals surface area (Å²) in [4.78, 5) is 12.5. The number of anilines is 2. The molecule has 0 aliphatic carbocycles. The molecule has 0 unspecified atom stereocenters. The SMILES string of the molecule is CC(C)(C)NS(=O)(=O)c1ccccc1-c1ccc(NC(=O)CNc2cccc(C#N)c2)cc1. The van der Waals surface area contributed by atoms with Crippen LogP contribution < -0.4 is 15.4 Å². The molecule has 0 bridgehead atoms. The Hall–Kier alpha value is -3.67. The molecule has 3 N–H and O–H groups in total. The Kier molecular flexibility index (Phi) is 7.16. The first kappa shape index (κ1) is 24.0. The summed E-state index contributed by atoms with van der Waals surface area (Å²) in [7, 11) is -3.71. The van der Waals surface area contributed by atoms with E-state index >= 15 is 0 Å². The van der Waals surface area contributed by atoms with Crippen molar-refractivity contribution in [3.8, 4) is 17.2 Å². The van der Waals surface area contributed by atoms with Gasteiger partial charge in [0, 0.05) is 22.5 Å². The summed E-state index contributed by atoms with van der Waals surface area (Å²) in [5, 5.41) is 14.7. The molecule has 0 atom stereocenters. The Labute approximate surface area is 194 Å². The molecule has 33 heavy (non-hydrogen) atoms. The van der Waals surface area contributed by atoms with E-state index in [1.807, 2.05) is 0 Å². The van der Waals surface area contributed by atoms with Crippen LogP contribution in [0.2, 0.25) is 0 Å². The molecule has 170 valence electrons. The summed E-state index contributed by atoms with van der Waals surface area (Å²) >= 11 is 0. The van der Waals surface area contributed by atoms with Gasteiger partial charge >= 0.3 is 0 Å². The Morgan fingerprint density at radius 1 is 0.939 bits per heavy atom. The molecule has 0 aliphatic heterocycles. The fraction of sp³-hybridized carbons (Fsp3) is 0.200. The summed E-state index contributed by atoms with van der Waals surface area (Å²) in [6, 6.07) is 22.7. The summed E-state index contributed by atoms with van der Waals surface area (Å²) in [6.45, 7) is 5.41. The molecular formula is C25H26N4O3S. The van der Waals surface area contributed by atoms with E-state index in [9.17, 15) is 13.2 Å². The van der Waals surface area contributed by atoms with Crippen LogP contribution in [0.5, 0.6) is 0 Å². The normalized spacial score (nSPS) is 11.5. The fourth-order valence-electron chi connectivity index (χ4n) is 3.22. The van der Waals surface area contributed by atoms with Crippen LogP contribution in [-0.2, 0) is 14.8 Å². The van der Waals surface area contributed by atoms with Gasteiger partial charge in [0.1, 0.15) is 0 Å². The lowest BCUT2D eigenvalue weighted by Gasteiger charge is -2.21. The lowest BCUT2D eigenvalue weighted by atomic mass is 10.1. The third kappa shape index (κ3) is 6.65. The average molecular weight is 463 g/mol. The highest BCUT2D eigenvalue weighted by molar-refractivity contribution is 7.89.